The predicted octanol–water partition coefficient (Wildman–Crippen LogP) is 2.19. The first kappa shape index (κ1) is 22.1. The molecule has 36 heavy (non-hydrogen) atoms. The smallest absolute Gasteiger partial charge is 0.343 e. The van der Waals surface area contributed by atoms with Crippen molar-refractivity contribution in [3.63, 3.8) is 0 Å². The molecule has 0 unspecified atom stereocenters. The van der Waals surface area contributed by atoms with Gasteiger partial charge in [-0.1, -0.05) is 6.92 Å². The minimum Gasteiger partial charge on any atom is -0.458 e. The minimum atomic E-state index is -1.90. The van der Waals surface area contributed by atoms with Crippen LogP contribution in [0, 0.1) is 12.7 Å². The summed E-state index contributed by atoms with van der Waals surface area (Å²) in [5, 5.41) is 22.1. The lowest BCUT2D eigenvalue weighted by Crippen LogP contribution is -2.52. The number of aliphatic hydroxyl groups is 2. The fourth-order valence-electron chi connectivity index (χ4n) is 6.64. The van der Waals surface area contributed by atoms with Crippen LogP contribution in [0.2, 0.25) is 0 Å². The Hall–Kier alpha value is -3.14. The SMILES string of the molecule is CC[C@@]1(O)C(=O)OCc2c1cc1n(c2=O)Cc2c-1nc1cc(F)c(C)c3c1c2[C@H](N1CC(O)C1)CC3. The summed E-state index contributed by atoms with van der Waals surface area (Å²) in [6, 6.07) is 3.18. The lowest BCUT2D eigenvalue weighted by Gasteiger charge is -2.44. The van der Waals surface area contributed by atoms with Crippen LogP contribution < -0.4 is 5.56 Å². The summed E-state index contributed by atoms with van der Waals surface area (Å²) in [5.41, 5.74) is 3.50. The molecule has 1 fully saturated rings. The van der Waals surface area contributed by atoms with Crippen molar-refractivity contribution in [3.05, 3.63) is 61.7 Å². The standard InChI is InChI=1S/C27H26FN3O5/c1-3-27(35)17-6-21-24-15(10-31(21)25(33)16(17)11-36-26(27)34)23-20(30-8-13(32)9-30)5-4-14-12(2)18(28)7-19(29-24)22(14)23/h6-7,13,20,32,35H,3-5,8-11H2,1-2H3/t20-,27+/m1/s1. The zero-order chi connectivity index (χ0) is 25.1. The van der Waals surface area contributed by atoms with Gasteiger partial charge in [0.1, 0.15) is 12.4 Å². The number of rotatable bonds is 2. The summed E-state index contributed by atoms with van der Waals surface area (Å²) >= 11 is 0. The molecule has 4 aliphatic rings. The van der Waals surface area contributed by atoms with E-state index in [-0.39, 0.29) is 47.7 Å². The summed E-state index contributed by atoms with van der Waals surface area (Å²) in [5.74, 6) is -1.07. The Kier molecular flexibility index (Phi) is 4.43. The van der Waals surface area contributed by atoms with Gasteiger partial charge in [-0.05, 0) is 48.9 Å². The molecule has 0 bridgehead atoms. The van der Waals surface area contributed by atoms with Crippen molar-refractivity contribution in [2.75, 3.05) is 13.1 Å². The lowest BCUT2D eigenvalue weighted by atomic mass is 9.80. The lowest BCUT2D eigenvalue weighted by molar-refractivity contribution is -0.172. The fourth-order valence-corrected chi connectivity index (χ4v) is 6.64. The Morgan fingerprint density at radius 1 is 1.22 bits per heavy atom. The number of aliphatic hydroxyl groups excluding tert-OH is 1. The van der Waals surface area contributed by atoms with E-state index < -0.39 is 11.6 Å². The van der Waals surface area contributed by atoms with Gasteiger partial charge in [-0.25, -0.2) is 14.2 Å². The molecule has 3 aliphatic heterocycles. The zero-order valence-corrected chi connectivity index (χ0v) is 20.1. The van der Waals surface area contributed by atoms with Crippen molar-refractivity contribution < 1.29 is 24.1 Å². The van der Waals surface area contributed by atoms with E-state index in [1.165, 1.54) is 6.07 Å². The van der Waals surface area contributed by atoms with Crippen molar-refractivity contribution in [1.29, 1.82) is 0 Å². The molecule has 0 amide bonds. The van der Waals surface area contributed by atoms with Crippen LogP contribution in [0.4, 0.5) is 4.39 Å². The minimum absolute atomic E-state index is 0.0298. The third kappa shape index (κ3) is 2.65. The van der Waals surface area contributed by atoms with Gasteiger partial charge in [0.25, 0.3) is 5.56 Å². The molecular formula is C27H26FN3O5. The van der Waals surface area contributed by atoms with E-state index in [9.17, 15) is 24.2 Å². The Balaban J connectivity index is 1.53. The maximum atomic E-state index is 14.9. The van der Waals surface area contributed by atoms with Crippen LogP contribution in [0.3, 0.4) is 0 Å². The van der Waals surface area contributed by atoms with Gasteiger partial charge < -0.3 is 19.5 Å². The highest BCUT2D eigenvalue weighted by Gasteiger charge is 2.46. The summed E-state index contributed by atoms with van der Waals surface area (Å²) in [4.78, 5) is 33.2. The molecule has 2 atom stereocenters. The number of aryl methyl sites for hydroxylation is 1. The number of benzene rings is 1. The van der Waals surface area contributed by atoms with Gasteiger partial charge >= 0.3 is 5.97 Å². The third-order valence-corrected chi connectivity index (χ3v) is 8.68. The maximum absolute atomic E-state index is 14.9. The molecule has 1 saturated heterocycles. The fraction of sp³-hybridized carbons (Fsp3) is 0.444. The molecule has 0 spiro atoms. The molecular weight excluding hydrogens is 465 g/mol. The summed E-state index contributed by atoms with van der Waals surface area (Å²) in [7, 11) is 0. The first-order valence-electron chi connectivity index (χ1n) is 12.5. The predicted molar refractivity (Wildman–Crippen MR) is 128 cm³/mol. The van der Waals surface area contributed by atoms with Crippen LogP contribution >= 0.6 is 0 Å². The highest BCUT2D eigenvalue weighted by Crippen LogP contribution is 2.48. The highest BCUT2D eigenvalue weighted by molar-refractivity contribution is 5.93. The second-order valence-electron chi connectivity index (χ2n) is 10.5. The second-order valence-corrected chi connectivity index (χ2v) is 10.5. The molecule has 3 aromatic rings. The summed E-state index contributed by atoms with van der Waals surface area (Å²) < 4.78 is 21.7. The van der Waals surface area contributed by atoms with Crippen LogP contribution in [-0.2, 0) is 34.7 Å². The molecule has 5 heterocycles. The number of fused-ring (bicyclic) bond motifs is 5. The number of pyridine rings is 2. The third-order valence-electron chi connectivity index (χ3n) is 8.68. The molecule has 1 aliphatic carbocycles. The normalized spacial score (nSPS) is 24.8. The van der Waals surface area contributed by atoms with E-state index in [1.54, 1.807) is 24.5 Å². The van der Waals surface area contributed by atoms with Crippen LogP contribution in [0.25, 0.3) is 22.3 Å². The Labute approximate surface area is 205 Å². The van der Waals surface area contributed by atoms with Gasteiger partial charge in [0.15, 0.2) is 5.60 Å². The summed E-state index contributed by atoms with van der Waals surface area (Å²) in [6.07, 6.45) is 1.21. The van der Waals surface area contributed by atoms with Crippen LogP contribution in [0.15, 0.2) is 16.9 Å². The number of carbonyl (C=O) groups excluding carboxylic acids is 1. The van der Waals surface area contributed by atoms with E-state index in [4.69, 9.17) is 9.72 Å². The van der Waals surface area contributed by atoms with E-state index in [0.717, 1.165) is 34.9 Å². The number of carbonyl (C=O) groups is 1. The maximum Gasteiger partial charge on any atom is 0.343 e. The molecule has 2 N–H and O–H groups in total. The quantitative estimate of drug-likeness (QED) is 0.414. The molecule has 7 rings (SSSR count). The monoisotopic (exact) mass is 491 g/mol. The van der Waals surface area contributed by atoms with Gasteiger partial charge in [-0.3, -0.25) is 9.69 Å². The van der Waals surface area contributed by atoms with Crippen molar-refractivity contribution in [2.45, 2.75) is 64.0 Å². The summed E-state index contributed by atoms with van der Waals surface area (Å²) in [6.45, 7) is 4.73. The van der Waals surface area contributed by atoms with Crippen molar-refractivity contribution in [1.82, 2.24) is 14.5 Å². The molecule has 0 radical (unpaired) electrons. The number of likely N-dealkylation sites (tertiary alicyclic amines) is 1. The Morgan fingerprint density at radius 2 is 2.00 bits per heavy atom. The average Bonchev–Trinajstić information content (AvgIpc) is 3.22. The van der Waals surface area contributed by atoms with Gasteiger partial charge in [0, 0.05) is 41.7 Å². The molecule has 0 saturated carbocycles. The molecule has 9 heteroatoms. The molecule has 8 nitrogen and oxygen atoms in total. The Bertz CT molecular complexity index is 1570. The van der Waals surface area contributed by atoms with Gasteiger partial charge in [-0.15, -0.1) is 0 Å². The van der Waals surface area contributed by atoms with Gasteiger partial charge in [0.05, 0.1) is 35.1 Å². The number of hydrogen-bond donors (Lipinski definition) is 2. The van der Waals surface area contributed by atoms with E-state index in [0.29, 0.717) is 42.1 Å². The van der Waals surface area contributed by atoms with Crippen molar-refractivity contribution in [3.8, 4) is 11.4 Å². The Morgan fingerprint density at radius 3 is 2.72 bits per heavy atom. The average molecular weight is 492 g/mol. The van der Waals surface area contributed by atoms with E-state index in [2.05, 4.69) is 4.90 Å². The highest BCUT2D eigenvalue weighted by atomic mass is 19.1. The van der Waals surface area contributed by atoms with E-state index >= 15 is 0 Å². The van der Waals surface area contributed by atoms with Crippen LogP contribution in [0.1, 0.15) is 59.2 Å². The number of aromatic nitrogens is 2. The molecule has 186 valence electrons. The van der Waals surface area contributed by atoms with Crippen LogP contribution in [-0.4, -0.2) is 49.8 Å². The van der Waals surface area contributed by atoms with Gasteiger partial charge in [0.2, 0.25) is 0 Å². The number of β-amino-alcohol motifs (C(OH)–C–C–N with tert-alkyl or cyclic N) is 1. The second kappa shape index (κ2) is 7.21. The molecule has 1 aromatic carbocycles. The molecule has 2 aromatic heterocycles. The van der Waals surface area contributed by atoms with Gasteiger partial charge in [-0.2, -0.15) is 0 Å². The number of ether oxygens (including phenoxy) is 1. The number of nitrogens with zero attached hydrogens (tertiary/aromatic N) is 3. The number of cyclic esters (lactones) is 1. The first-order valence-corrected chi connectivity index (χ1v) is 12.5. The zero-order valence-electron chi connectivity index (χ0n) is 20.1. The largest absolute Gasteiger partial charge is 0.458 e. The topological polar surface area (TPSA) is 105 Å². The van der Waals surface area contributed by atoms with Crippen molar-refractivity contribution in [2.24, 2.45) is 0 Å². The first-order chi connectivity index (χ1) is 17.2. The number of hydrogen-bond acceptors (Lipinski definition) is 7. The number of halogens is 1. The number of esters is 1. The van der Waals surface area contributed by atoms with Crippen LogP contribution in [0.5, 0.6) is 0 Å². The van der Waals surface area contributed by atoms with Crippen molar-refractivity contribution >= 4 is 16.9 Å². The van der Waals surface area contributed by atoms with E-state index in [1.807, 2.05) is 0 Å².